The predicted octanol–water partition coefficient (Wildman–Crippen LogP) is 5.14. The van der Waals surface area contributed by atoms with Crippen LogP contribution < -0.4 is 10.9 Å². The first-order valence-electron chi connectivity index (χ1n) is 10.5. The van der Waals surface area contributed by atoms with Crippen molar-refractivity contribution >= 4 is 50.6 Å². The van der Waals surface area contributed by atoms with E-state index < -0.39 is 4.92 Å². The van der Waals surface area contributed by atoms with Crippen LogP contribution in [0.2, 0.25) is 0 Å². The van der Waals surface area contributed by atoms with Gasteiger partial charge in [-0.15, -0.1) is 11.3 Å². The molecule has 1 amide bonds. The largest absolute Gasteiger partial charge is 0.320 e. The number of rotatable bonds is 6. The van der Waals surface area contributed by atoms with Gasteiger partial charge in [0, 0.05) is 17.0 Å². The van der Waals surface area contributed by atoms with Crippen LogP contribution >= 0.6 is 23.1 Å². The number of hydrogen-bond donors (Lipinski definition) is 1. The third-order valence-electron chi connectivity index (χ3n) is 5.85. The quantitative estimate of drug-likeness (QED) is 0.230. The van der Waals surface area contributed by atoms with Gasteiger partial charge >= 0.3 is 0 Å². The summed E-state index contributed by atoms with van der Waals surface area (Å²) in [4.78, 5) is 43.3. The minimum Gasteiger partial charge on any atom is -0.320 e. The molecular formula is C22H24N4O4S2. The zero-order chi connectivity index (χ0) is 23.0. The van der Waals surface area contributed by atoms with E-state index in [2.05, 4.69) is 5.32 Å². The van der Waals surface area contributed by atoms with Gasteiger partial charge in [0.2, 0.25) is 5.91 Å². The number of thioether (sulfide) groups is 1. The summed E-state index contributed by atoms with van der Waals surface area (Å²) >= 11 is 2.69. The standard InChI is InChI=1S/C22H24N4O4S2/c1-12-8-9-16(17(10-12)26(29)30)23-18(27)11-31-22-24-20-19(13(2)14(3)32-20)21(28)25(22)15-6-4-5-7-15/h8-10,15H,4-7,11H2,1-3H3,(H,23,27). The minimum atomic E-state index is -0.509. The number of fused-ring (bicyclic) bond motifs is 1. The number of nitro groups is 1. The summed E-state index contributed by atoms with van der Waals surface area (Å²) < 4.78 is 1.76. The molecule has 0 spiro atoms. The first-order chi connectivity index (χ1) is 15.3. The predicted molar refractivity (Wildman–Crippen MR) is 128 cm³/mol. The lowest BCUT2D eigenvalue weighted by Crippen LogP contribution is -2.27. The SMILES string of the molecule is Cc1ccc(NC(=O)CSc2nc3sc(C)c(C)c3c(=O)n2C2CCCC2)c([N+](=O)[O-])c1. The van der Waals surface area contributed by atoms with Gasteiger partial charge in [0.25, 0.3) is 11.2 Å². The summed E-state index contributed by atoms with van der Waals surface area (Å²) in [5, 5.41) is 15.2. The molecule has 4 rings (SSSR count). The lowest BCUT2D eigenvalue weighted by Gasteiger charge is -2.18. The second-order valence-electron chi connectivity index (χ2n) is 8.09. The number of benzene rings is 1. The van der Waals surface area contributed by atoms with E-state index in [0.29, 0.717) is 15.4 Å². The van der Waals surface area contributed by atoms with E-state index >= 15 is 0 Å². The fourth-order valence-electron chi connectivity index (χ4n) is 4.09. The number of aromatic nitrogens is 2. The molecule has 2 heterocycles. The number of aryl methyl sites for hydroxylation is 3. The van der Waals surface area contributed by atoms with Crippen molar-refractivity contribution in [3.63, 3.8) is 0 Å². The summed E-state index contributed by atoms with van der Waals surface area (Å²) in [7, 11) is 0. The van der Waals surface area contributed by atoms with Gasteiger partial charge in [-0.2, -0.15) is 0 Å². The Morgan fingerprint density at radius 2 is 2.03 bits per heavy atom. The number of nitrogens with one attached hydrogen (secondary N) is 1. The molecular weight excluding hydrogens is 448 g/mol. The molecule has 2 aromatic heterocycles. The van der Waals surface area contributed by atoms with Crippen molar-refractivity contribution in [1.82, 2.24) is 9.55 Å². The topological polar surface area (TPSA) is 107 Å². The van der Waals surface area contributed by atoms with Crippen molar-refractivity contribution in [2.45, 2.75) is 57.7 Å². The molecule has 0 bridgehead atoms. The lowest BCUT2D eigenvalue weighted by atomic mass is 10.2. The maximum Gasteiger partial charge on any atom is 0.293 e. The molecule has 1 aliphatic carbocycles. The fraction of sp³-hybridized carbons (Fsp3) is 0.409. The molecule has 1 N–H and O–H groups in total. The average Bonchev–Trinajstić information content (AvgIpc) is 3.36. The highest BCUT2D eigenvalue weighted by Crippen LogP contribution is 2.34. The van der Waals surface area contributed by atoms with Crippen molar-refractivity contribution in [3.8, 4) is 0 Å². The Bertz CT molecular complexity index is 1280. The Balaban J connectivity index is 1.62. The summed E-state index contributed by atoms with van der Waals surface area (Å²) in [6.45, 7) is 5.69. The Labute approximate surface area is 193 Å². The lowest BCUT2D eigenvalue weighted by molar-refractivity contribution is -0.384. The van der Waals surface area contributed by atoms with Crippen LogP contribution in [-0.2, 0) is 4.79 Å². The number of carbonyl (C=O) groups excluding carboxylic acids is 1. The van der Waals surface area contributed by atoms with Crippen molar-refractivity contribution < 1.29 is 9.72 Å². The zero-order valence-electron chi connectivity index (χ0n) is 18.1. The third-order valence-corrected chi connectivity index (χ3v) is 7.90. The number of carbonyl (C=O) groups is 1. The third kappa shape index (κ3) is 4.29. The summed E-state index contributed by atoms with van der Waals surface area (Å²) in [5.74, 6) is -0.383. The van der Waals surface area contributed by atoms with E-state index in [-0.39, 0.29) is 34.6 Å². The first kappa shape index (κ1) is 22.5. The summed E-state index contributed by atoms with van der Waals surface area (Å²) in [6, 6.07) is 4.76. The van der Waals surface area contributed by atoms with Crippen molar-refractivity contribution in [1.29, 1.82) is 0 Å². The van der Waals surface area contributed by atoms with E-state index in [9.17, 15) is 19.7 Å². The second-order valence-corrected chi connectivity index (χ2v) is 10.2. The first-order valence-corrected chi connectivity index (χ1v) is 12.3. The Hall–Kier alpha value is -2.72. The zero-order valence-corrected chi connectivity index (χ0v) is 19.8. The van der Waals surface area contributed by atoms with Gasteiger partial charge in [-0.1, -0.05) is 30.7 Å². The number of amides is 1. The summed E-state index contributed by atoms with van der Waals surface area (Å²) in [6.07, 6.45) is 3.98. The van der Waals surface area contributed by atoms with Crippen LogP contribution in [0.15, 0.2) is 28.2 Å². The molecule has 32 heavy (non-hydrogen) atoms. The van der Waals surface area contributed by atoms with E-state index in [0.717, 1.165) is 41.7 Å². The molecule has 8 nitrogen and oxygen atoms in total. The van der Waals surface area contributed by atoms with E-state index in [1.54, 1.807) is 17.6 Å². The normalized spacial score (nSPS) is 14.2. The van der Waals surface area contributed by atoms with Gasteiger partial charge < -0.3 is 5.32 Å². The molecule has 0 atom stereocenters. The molecule has 0 radical (unpaired) electrons. The molecule has 1 saturated carbocycles. The molecule has 1 aliphatic rings. The fourth-order valence-corrected chi connectivity index (χ4v) is 6.03. The molecule has 1 aromatic carbocycles. The van der Waals surface area contributed by atoms with Gasteiger partial charge in [-0.25, -0.2) is 4.98 Å². The molecule has 0 aliphatic heterocycles. The van der Waals surface area contributed by atoms with E-state index in [1.807, 2.05) is 13.8 Å². The number of thiophene rings is 1. The highest BCUT2D eigenvalue weighted by Gasteiger charge is 2.25. The smallest absolute Gasteiger partial charge is 0.293 e. The van der Waals surface area contributed by atoms with E-state index in [1.165, 1.54) is 35.2 Å². The molecule has 0 saturated heterocycles. The number of hydrogen-bond acceptors (Lipinski definition) is 7. The molecule has 3 aromatic rings. The Kier molecular flexibility index (Phi) is 6.34. The van der Waals surface area contributed by atoms with Crippen LogP contribution in [0.4, 0.5) is 11.4 Å². The Morgan fingerprint density at radius 1 is 1.31 bits per heavy atom. The van der Waals surface area contributed by atoms with E-state index in [4.69, 9.17) is 4.98 Å². The van der Waals surface area contributed by atoms with Crippen LogP contribution in [0.3, 0.4) is 0 Å². The Morgan fingerprint density at radius 3 is 2.72 bits per heavy atom. The van der Waals surface area contributed by atoms with Crippen molar-refractivity contribution in [2.24, 2.45) is 0 Å². The van der Waals surface area contributed by atoms with Crippen LogP contribution in [-0.4, -0.2) is 26.1 Å². The number of anilines is 1. The highest BCUT2D eigenvalue weighted by atomic mass is 32.2. The van der Waals surface area contributed by atoms with Gasteiger partial charge in [0.1, 0.15) is 10.5 Å². The second kappa shape index (κ2) is 9.03. The van der Waals surface area contributed by atoms with Gasteiger partial charge in [0.15, 0.2) is 5.16 Å². The summed E-state index contributed by atoms with van der Waals surface area (Å²) in [5.41, 5.74) is 1.68. The molecule has 168 valence electrons. The molecule has 1 fully saturated rings. The van der Waals surface area contributed by atoms with Crippen LogP contribution in [0, 0.1) is 30.9 Å². The molecule has 0 unspecified atom stereocenters. The molecule has 10 heteroatoms. The number of nitro benzene ring substituents is 1. The minimum absolute atomic E-state index is 0.000955. The van der Waals surface area contributed by atoms with Gasteiger partial charge in [-0.05, 0) is 50.8 Å². The maximum atomic E-state index is 13.4. The van der Waals surface area contributed by atoms with Gasteiger partial charge in [-0.3, -0.25) is 24.3 Å². The number of nitrogens with zero attached hydrogens (tertiary/aromatic N) is 3. The highest BCUT2D eigenvalue weighted by molar-refractivity contribution is 7.99. The van der Waals surface area contributed by atoms with Crippen molar-refractivity contribution in [3.05, 3.63) is 54.7 Å². The van der Waals surface area contributed by atoms with Crippen LogP contribution in [0.25, 0.3) is 10.2 Å². The van der Waals surface area contributed by atoms with Crippen LogP contribution in [0.1, 0.15) is 47.7 Å². The average molecular weight is 473 g/mol. The van der Waals surface area contributed by atoms with Crippen molar-refractivity contribution in [2.75, 3.05) is 11.1 Å². The van der Waals surface area contributed by atoms with Gasteiger partial charge in [0.05, 0.1) is 16.1 Å². The maximum absolute atomic E-state index is 13.4. The monoisotopic (exact) mass is 472 g/mol. The van der Waals surface area contributed by atoms with Crippen LogP contribution in [0.5, 0.6) is 0 Å².